The maximum Gasteiger partial charge on any atom is 0.0484 e. The van der Waals surface area contributed by atoms with E-state index in [0.29, 0.717) is 0 Å². The summed E-state index contributed by atoms with van der Waals surface area (Å²) >= 11 is 5.25. The highest BCUT2D eigenvalue weighted by Gasteiger charge is 1.97. The van der Waals surface area contributed by atoms with Gasteiger partial charge in [-0.1, -0.05) is 55.9 Å². The quantitative estimate of drug-likeness (QED) is 0.700. The predicted molar refractivity (Wildman–Crippen MR) is 73.1 cm³/mol. The summed E-state index contributed by atoms with van der Waals surface area (Å²) in [6.45, 7) is 6.08. The van der Waals surface area contributed by atoms with Gasteiger partial charge in [-0.3, -0.25) is 0 Å². The third-order valence-electron chi connectivity index (χ3n) is 2.19. The third kappa shape index (κ3) is 3.04. The van der Waals surface area contributed by atoms with Crippen LogP contribution in [0.2, 0.25) is 0 Å². The van der Waals surface area contributed by atoms with E-state index in [2.05, 4.69) is 36.2 Å². The maximum atomic E-state index is 5.25. The molecule has 1 nitrogen and oxygen atoms in total. The molecule has 0 atom stereocenters. The molecule has 0 amide bonds. The molecule has 2 aromatic rings. The minimum absolute atomic E-state index is 0.882. The molecule has 1 heterocycles. The van der Waals surface area contributed by atoms with E-state index in [4.69, 9.17) is 12.2 Å². The molecule has 1 aromatic heterocycles. The lowest BCUT2D eigenvalue weighted by Gasteiger charge is -2.01. The first-order valence-corrected chi connectivity index (χ1v) is 5.92. The molecule has 0 fully saturated rings. The van der Waals surface area contributed by atoms with Gasteiger partial charge in [0.15, 0.2) is 0 Å². The first-order valence-electron chi connectivity index (χ1n) is 5.51. The molecule has 0 spiro atoms. The molecule has 0 bridgehead atoms. The second-order valence-electron chi connectivity index (χ2n) is 3.29. The normalized spacial score (nSPS) is 9.19. The smallest absolute Gasteiger partial charge is 0.0484 e. The molecule has 84 valence electrons. The molecule has 0 aliphatic carbocycles. The van der Waals surface area contributed by atoms with Gasteiger partial charge in [0.1, 0.15) is 0 Å². The van der Waals surface area contributed by atoms with Crippen LogP contribution in [0.4, 0.5) is 0 Å². The summed E-state index contributed by atoms with van der Waals surface area (Å²) in [5, 5.41) is 0. The average Bonchev–Trinajstić information content (AvgIpc) is 2.34. The van der Waals surface area contributed by atoms with Crippen LogP contribution in [0, 0.1) is 11.4 Å². The Labute approximate surface area is 102 Å². The fourth-order valence-electron chi connectivity index (χ4n) is 1.37. The van der Waals surface area contributed by atoms with Crippen LogP contribution in [-0.4, -0.2) is 4.98 Å². The van der Waals surface area contributed by atoms with Crippen molar-refractivity contribution in [2.75, 3.05) is 0 Å². The van der Waals surface area contributed by atoms with Crippen LogP contribution in [-0.2, 0) is 0 Å². The van der Waals surface area contributed by atoms with Crippen LogP contribution < -0.4 is 0 Å². The van der Waals surface area contributed by atoms with Gasteiger partial charge >= 0.3 is 0 Å². The number of rotatable bonds is 1. The topological polar surface area (TPSA) is 15.8 Å². The molecule has 0 aliphatic rings. The number of H-pyrrole nitrogens is 1. The lowest BCUT2D eigenvalue weighted by molar-refractivity contribution is 1.32. The molecule has 2 heteroatoms. The van der Waals surface area contributed by atoms with Crippen LogP contribution in [0.3, 0.4) is 0 Å². The minimum Gasteiger partial charge on any atom is -0.367 e. The molecule has 0 saturated carbocycles. The number of hydrogen-bond donors (Lipinski definition) is 1. The number of nitrogens with one attached hydrogen (secondary N) is 1. The van der Waals surface area contributed by atoms with Crippen molar-refractivity contribution in [2.24, 2.45) is 0 Å². The highest BCUT2D eigenvalue weighted by atomic mass is 32.1. The van der Waals surface area contributed by atoms with Gasteiger partial charge in [-0.2, -0.15) is 0 Å². The van der Waals surface area contributed by atoms with E-state index in [1.807, 2.05) is 32.3 Å². The lowest BCUT2D eigenvalue weighted by Crippen LogP contribution is -1.81. The molecule has 0 saturated heterocycles. The van der Waals surface area contributed by atoms with Gasteiger partial charge in [0, 0.05) is 22.5 Å². The molecule has 0 radical (unpaired) electrons. The van der Waals surface area contributed by atoms with Gasteiger partial charge in [0.25, 0.3) is 0 Å². The Balaban J connectivity index is 0.000000606. The highest BCUT2D eigenvalue weighted by molar-refractivity contribution is 7.71. The lowest BCUT2D eigenvalue weighted by atomic mass is 10.1. The van der Waals surface area contributed by atoms with E-state index in [0.717, 1.165) is 15.6 Å². The SMILES string of the molecule is CC.Cc1ccc(-c2c[nH]ccc2=S)cc1. The van der Waals surface area contributed by atoms with E-state index in [9.17, 15) is 0 Å². The van der Waals surface area contributed by atoms with Gasteiger partial charge in [-0.25, -0.2) is 0 Å². The van der Waals surface area contributed by atoms with Crippen LogP contribution in [0.15, 0.2) is 42.7 Å². The van der Waals surface area contributed by atoms with Gasteiger partial charge in [-0.05, 0) is 18.6 Å². The Morgan fingerprint density at radius 3 is 2.19 bits per heavy atom. The minimum atomic E-state index is 0.882. The van der Waals surface area contributed by atoms with Crippen molar-refractivity contribution >= 4 is 12.2 Å². The van der Waals surface area contributed by atoms with Gasteiger partial charge in [0.05, 0.1) is 0 Å². The zero-order chi connectivity index (χ0) is 12.0. The zero-order valence-corrected chi connectivity index (χ0v) is 10.8. The van der Waals surface area contributed by atoms with Crippen LogP contribution in [0.25, 0.3) is 11.1 Å². The van der Waals surface area contributed by atoms with Crippen molar-refractivity contribution in [3.63, 3.8) is 0 Å². The molecule has 1 aromatic carbocycles. The van der Waals surface area contributed by atoms with E-state index in [1.165, 1.54) is 5.56 Å². The van der Waals surface area contributed by atoms with Crippen molar-refractivity contribution < 1.29 is 0 Å². The van der Waals surface area contributed by atoms with Crippen molar-refractivity contribution in [3.8, 4) is 11.1 Å². The number of aromatic nitrogens is 1. The van der Waals surface area contributed by atoms with E-state index >= 15 is 0 Å². The standard InChI is InChI=1S/C12H11NS.C2H6/c1-9-2-4-10(5-3-9)11-8-13-7-6-12(11)14;1-2/h2-8H,1H3,(H,13,14);1-2H3. The molecule has 1 N–H and O–H groups in total. The monoisotopic (exact) mass is 231 g/mol. The predicted octanol–water partition coefficient (Wildman–Crippen LogP) is 4.75. The summed E-state index contributed by atoms with van der Waals surface area (Å²) in [5.41, 5.74) is 3.51. The Kier molecular flexibility index (Phi) is 4.93. The van der Waals surface area contributed by atoms with Crippen LogP contribution >= 0.6 is 12.2 Å². The van der Waals surface area contributed by atoms with Crippen molar-refractivity contribution in [3.05, 3.63) is 52.8 Å². The fraction of sp³-hybridized carbons (Fsp3) is 0.214. The zero-order valence-electron chi connectivity index (χ0n) is 9.95. The summed E-state index contributed by atoms with van der Waals surface area (Å²) in [6, 6.07) is 10.3. The molecular formula is C14H17NS. The van der Waals surface area contributed by atoms with Crippen molar-refractivity contribution in [1.29, 1.82) is 0 Å². The van der Waals surface area contributed by atoms with E-state index < -0.39 is 0 Å². The molecule has 2 rings (SSSR count). The second-order valence-corrected chi connectivity index (χ2v) is 3.73. The van der Waals surface area contributed by atoms with E-state index in [1.54, 1.807) is 0 Å². The summed E-state index contributed by atoms with van der Waals surface area (Å²) < 4.78 is 0.882. The second kappa shape index (κ2) is 6.23. The third-order valence-corrected chi connectivity index (χ3v) is 2.54. The number of benzene rings is 1. The Morgan fingerprint density at radius 1 is 1.00 bits per heavy atom. The number of aromatic amines is 1. The summed E-state index contributed by atoms with van der Waals surface area (Å²) in [5.74, 6) is 0. The summed E-state index contributed by atoms with van der Waals surface area (Å²) in [7, 11) is 0. The average molecular weight is 231 g/mol. The fourth-order valence-corrected chi connectivity index (χ4v) is 1.62. The van der Waals surface area contributed by atoms with Gasteiger partial charge < -0.3 is 4.98 Å². The first kappa shape index (κ1) is 12.7. The van der Waals surface area contributed by atoms with Crippen molar-refractivity contribution in [2.45, 2.75) is 20.8 Å². The number of aryl methyl sites for hydroxylation is 1. The van der Waals surface area contributed by atoms with Crippen LogP contribution in [0.5, 0.6) is 0 Å². The Bertz CT molecular complexity index is 483. The number of hydrogen-bond acceptors (Lipinski definition) is 1. The molecule has 0 aliphatic heterocycles. The molecule has 0 unspecified atom stereocenters. The number of pyridine rings is 1. The Morgan fingerprint density at radius 2 is 1.62 bits per heavy atom. The van der Waals surface area contributed by atoms with Gasteiger partial charge in [-0.15, -0.1) is 0 Å². The van der Waals surface area contributed by atoms with Gasteiger partial charge in [0.2, 0.25) is 0 Å². The summed E-state index contributed by atoms with van der Waals surface area (Å²) in [6.07, 6.45) is 3.78. The van der Waals surface area contributed by atoms with E-state index in [-0.39, 0.29) is 0 Å². The largest absolute Gasteiger partial charge is 0.367 e. The Hall–Kier alpha value is -1.41. The van der Waals surface area contributed by atoms with Crippen molar-refractivity contribution in [1.82, 2.24) is 4.98 Å². The molecule has 16 heavy (non-hydrogen) atoms. The van der Waals surface area contributed by atoms with Crippen LogP contribution in [0.1, 0.15) is 19.4 Å². The first-order chi connectivity index (χ1) is 7.77. The molecular weight excluding hydrogens is 214 g/mol. The summed E-state index contributed by atoms with van der Waals surface area (Å²) in [4.78, 5) is 3.05. The highest BCUT2D eigenvalue weighted by Crippen LogP contribution is 2.19. The maximum absolute atomic E-state index is 5.25.